The summed E-state index contributed by atoms with van der Waals surface area (Å²) >= 11 is 0. The van der Waals surface area contributed by atoms with Crippen LogP contribution < -0.4 is 0 Å². The van der Waals surface area contributed by atoms with E-state index in [9.17, 15) is 14.9 Å². The Kier molecular flexibility index (Phi) is 5.08. The molecule has 2 heterocycles. The number of nitro groups is 1. The van der Waals surface area contributed by atoms with Gasteiger partial charge in [0.2, 0.25) is 11.7 Å². The van der Waals surface area contributed by atoms with Crippen molar-refractivity contribution in [1.82, 2.24) is 10.2 Å². The molecule has 0 bridgehead atoms. The summed E-state index contributed by atoms with van der Waals surface area (Å²) in [6.45, 7) is 1.75. The Morgan fingerprint density at radius 1 is 1.03 bits per heavy atom. The summed E-state index contributed by atoms with van der Waals surface area (Å²) in [7, 11) is 0. The number of esters is 1. The fourth-order valence-electron chi connectivity index (χ4n) is 2.76. The quantitative estimate of drug-likeness (QED) is 0.260. The third-order valence-electron chi connectivity index (χ3n) is 4.23. The van der Waals surface area contributed by atoms with E-state index in [0.717, 1.165) is 11.1 Å². The summed E-state index contributed by atoms with van der Waals surface area (Å²) in [5, 5.41) is 18.6. The fraction of sp³-hybridized carbons (Fsp3) is 0.0952. The van der Waals surface area contributed by atoms with Crippen molar-refractivity contribution >= 4 is 11.7 Å². The van der Waals surface area contributed by atoms with Gasteiger partial charge in [-0.2, -0.15) is 0 Å². The van der Waals surface area contributed by atoms with E-state index in [-0.39, 0.29) is 23.9 Å². The summed E-state index contributed by atoms with van der Waals surface area (Å²) in [5.41, 5.74) is 2.40. The summed E-state index contributed by atoms with van der Waals surface area (Å²) in [4.78, 5) is 22.5. The van der Waals surface area contributed by atoms with Gasteiger partial charge < -0.3 is 13.6 Å². The second-order valence-electron chi connectivity index (χ2n) is 6.41. The molecule has 9 nitrogen and oxygen atoms in total. The number of carbonyl (C=O) groups is 1. The van der Waals surface area contributed by atoms with Gasteiger partial charge in [0, 0.05) is 23.3 Å². The maximum Gasteiger partial charge on any atom is 0.374 e. The number of rotatable bonds is 6. The van der Waals surface area contributed by atoms with Gasteiger partial charge in [-0.25, -0.2) is 4.79 Å². The lowest BCUT2D eigenvalue weighted by molar-refractivity contribution is -0.384. The molecule has 0 N–H and O–H groups in total. The van der Waals surface area contributed by atoms with E-state index in [0.29, 0.717) is 17.2 Å². The predicted molar refractivity (Wildman–Crippen MR) is 104 cm³/mol. The average Bonchev–Trinajstić information content (AvgIpc) is 3.42. The zero-order valence-corrected chi connectivity index (χ0v) is 15.8. The number of carbonyl (C=O) groups excluding carboxylic acids is 1. The van der Waals surface area contributed by atoms with Gasteiger partial charge in [0.25, 0.3) is 11.6 Å². The third-order valence-corrected chi connectivity index (χ3v) is 4.23. The molecule has 150 valence electrons. The fourth-order valence-corrected chi connectivity index (χ4v) is 2.76. The molecule has 0 amide bonds. The maximum absolute atomic E-state index is 12.2. The van der Waals surface area contributed by atoms with Crippen molar-refractivity contribution in [2.75, 3.05) is 0 Å². The van der Waals surface area contributed by atoms with Crippen LogP contribution in [0.4, 0.5) is 5.69 Å². The maximum atomic E-state index is 12.2. The van der Waals surface area contributed by atoms with Crippen LogP contribution in [-0.4, -0.2) is 21.1 Å². The van der Waals surface area contributed by atoms with E-state index in [4.69, 9.17) is 13.6 Å². The molecule has 0 unspecified atom stereocenters. The molecule has 9 heteroatoms. The molecule has 0 atom stereocenters. The monoisotopic (exact) mass is 405 g/mol. The minimum atomic E-state index is -0.696. The van der Waals surface area contributed by atoms with Gasteiger partial charge in [0.05, 0.1) is 4.92 Å². The van der Waals surface area contributed by atoms with Gasteiger partial charge in [0.1, 0.15) is 5.76 Å². The molecule has 2 aromatic heterocycles. The van der Waals surface area contributed by atoms with Crippen LogP contribution in [0.5, 0.6) is 0 Å². The van der Waals surface area contributed by atoms with E-state index in [2.05, 4.69) is 10.2 Å². The molecule has 0 aliphatic heterocycles. The van der Waals surface area contributed by atoms with E-state index >= 15 is 0 Å². The molecule has 0 aliphatic rings. The Balaban J connectivity index is 1.40. The Labute approximate surface area is 170 Å². The minimum Gasteiger partial charge on any atom is -0.450 e. The van der Waals surface area contributed by atoms with Crippen molar-refractivity contribution in [3.05, 3.63) is 88.0 Å². The number of nitro benzene ring substituents is 1. The number of benzene rings is 2. The Bertz CT molecular complexity index is 1210. The molecule has 30 heavy (non-hydrogen) atoms. The van der Waals surface area contributed by atoms with Crippen LogP contribution in [0, 0.1) is 17.0 Å². The number of hydrogen-bond acceptors (Lipinski definition) is 8. The van der Waals surface area contributed by atoms with Crippen molar-refractivity contribution < 1.29 is 23.3 Å². The first kappa shape index (κ1) is 19.1. The molecule has 4 rings (SSSR count). The number of aromatic nitrogens is 2. The number of furan rings is 1. The van der Waals surface area contributed by atoms with Crippen LogP contribution in [0.25, 0.3) is 22.8 Å². The zero-order valence-electron chi connectivity index (χ0n) is 15.8. The standard InChI is InChI=1S/C21H15N3O6/c1-13-3-2-4-15(11-13)20-23-22-19(30-20)12-28-21(25)18-10-9-17(29-18)14-5-7-16(8-6-14)24(26)27/h2-11H,12H2,1H3. The van der Waals surface area contributed by atoms with Gasteiger partial charge in [-0.1, -0.05) is 17.7 Å². The van der Waals surface area contributed by atoms with Crippen LogP contribution in [0.15, 0.2) is 69.5 Å². The van der Waals surface area contributed by atoms with E-state index in [1.807, 2.05) is 31.2 Å². The highest BCUT2D eigenvalue weighted by atomic mass is 16.6. The van der Waals surface area contributed by atoms with Crippen LogP contribution in [-0.2, 0) is 11.3 Å². The summed E-state index contributed by atoms with van der Waals surface area (Å²) in [6.07, 6.45) is 0. The lowest BCUT2D eigenvalue weighted by Crippen LogP contribution is -2.04. The van der Waals surface area contributed by atoms with Crippen LogP contribution in [0.2, 0.25) is 0 Å². The molecule has 0 saturated carbocycles. The first-order valence-corrected chi connectivity index (χ1v) is 8.91. The number of non-ortho nitro benzene ring substituents is 1. The Hall–Kier alpha value is -4.27. The van der Waals surface area contributed by atoms with Gasteiger partial charge >= 0.3 is 5.97 Å². The molecule has 2 aromatic carbocycles. The second-order valence-corrected chi connectivity index (χ2v) is 6.41. The average molecular weight is 405 g/mol. The highest BCUT2D eigenvalue weighted by molar-refractivity contribution is 5.87. The Morgan fingerprint density at radius 3 is 2.57 bits per heavy atom. The van der Waals surface area contributed by atoms with Gasteiger partial charge in [-0.15, -0.1) is 10.2 Å². The largest absolute Gasteiger partial charge is 0.450 e. The normalized spacial score (nSPS) is 10.7. The lowest BCUT2D eigenvalue weighted by Gasteiger charge is -2.00. The van der Waals surface area contributed by atoms with E-state index in [1.54, 1.807) is 6.07 Å². The molecule has 0 saturated heterocycles. The summed E-state index contributed by atoms with van der Waals surface area (Å²) in [6, 6.07) is 16.4. The highest BCUT2D eigenvalue weighted by Gasteiger charge is 2.17. The number of ether oxygens (including phenoxy) is 1. The second kappa shape index (κ2) is 8.00. The third kappa shape index (κ3) is 4.09. The van der Waals surface area contributed by atoms with E-state index < -0.39 is 10.9 Å². The summed E-state index contributed by atoms with van der Waals surface area (Å²) in [5.74, 6) is 0.168. The predicted octanol–water partition coefficient (Wildman–Crippen LogP) is 4.57. The van der Waals surface area contributed by atoms with Crippen LogP contribution >= 0.6 is 0 Å². The first-order chi connectivity index (χ1) is 14.5. The first-order valence-electron chi connectivity index (χ1n) is 8.91. The van der Waals surface area contributed by atoms with Gasteiger partial charge in [-0.05, 0) is 43.3 Å². The van der Waals surface area contributed by atoms with Crippen LogP contribution in [0.1, 0.15) is 22.0 Å². The molecular formula is C21H15N3O6. The lowest BCUT2D eigenvalue weighted by atomic mass is 10.1. The van der Waals surface area contributed by atoms with Crippen molar-refractivity contribution in [3.8, 4) is 22.8 Å². The number of nitrogens with zero attached hydrogens (tertiary/aromatic N) is 3. The molecule has 0 radical (unpaired) electrons. The Morgan fingerprint density at radius 2 is 1.83 bits per heavy atom. The minimum absolute atomic E-state index is 0.0122. The summed E-state index contributed by atoms with van der Waals surface area (Å²) < 4.78 is 16.2. The SMILES string of the molecule is Cc1cccc(-c2nnc(COC(=O)c3ccc(-c4ccc([N+](=O)[O-])cc4)o3)o2)c1. The van der Waals surface area contributed by atoms with Crippen molar-refractivity contribution in [3.63, 3.8) is 0 Å². The molecule has 0 aliphatic carbocycles. The van der Waals surface area contributed by atoms with Gasteiger partial charge in [0.15, 0.2) is 6.61 Å². The van der Waals surface area contributed by atoms with Crippen molar-refractivity contribution in [2.45, 2.75) is 13.5 Å². The zero-order chi connectivity index (χ0) is 21.1. The van der Waals surface area contributed by atoms with Crippen LogP contribution in [0.3, 0.4) is 0 Å². The molecule has 0 fully saturated rings. The highest BCUT2D eigenvalue weighted by Crippen LogP contribution is 2.25. The number of aryl methyl sites for hydroxylation is 1. The van der Waals surface area contributed by atoms with Gasteiger partial charge in [-0.3, -0.25) is 10.1 Å². The molecule has 0 spiro atoms. The molecule has 4 aromatic rings. The topological polar surface area (TPSA) is 122 Å². The number of hydrogen-bond donors (Lipinski definition) is 0. The van der Waals surface area contributed by atoms with E-state index in [1.165, 1.54) is 30.3 Å². The van der Waals surface area contributed by atoms with Crippen molar-refractivity contribution in [2.24, 2.45) is 0 Å². The van der Waals surface area contributed by atoms with Crippen molar-refractivity contribution in [1.29, 1.82) is 0 Å². The molecular weight excluding hydrogens is 390 g/mol. The smallest absolute Gasteiger partial charge is 0.374 e.